The quantitative estimate of drug-likeness (QED) is 0.877. The first-order chi connectivity index (χ1) is 9.81. The second kappa shape index (κ2) is 5.79. The Morgan fingerprint density at radius 2 is 2.00 bits per heavy atom. The Kier molecular flexibility index (Phi) is 4.24. The SMILES string of the molecule is Cc1cc(C(=O)N(C)c2snc(C)c2C(=O)O)cc(Cl)n1. The zero-order valence-electron chi connectivity index (χ0n) is 11.5. The van der Waals surface area contributed by atoms with Crippen LogP contribution in [0.25, 0.3) is 0 Å². The highest BCUT2D eigenvalue weighted by molar-refractivity contribution is 7.11. The molecule has 21 heavy (non-hydrogen) atoms. The first-order valence-electron chi connectivity index (χ1n) is 5.93. The lowest BCUT2D eigenvalue weighted by Gasteiger charge is -2.16. The van der Waals surface area contributed by atoms with Crippen molar-refractivity contribution >= 4 is 40.0 Å². The summed E-state index contributed by atoms with van der Waals surface area (Å²) in [7, 11) is 1.51. The number of hydrogen-bond acceptors (Lipinski definition) is 5. The number of carbonyl (C=O) groups is 2. The summed E-state index contributed by atoms with van der Waals surface area (Å²) in [5.74, 6) is -1.48. The summed E-state index contributed by atoms with van der Waals surface area (Å²) in [5.41, 5.74) is 1.37. The van der Waals surface area contributed by atoms with E-state index in [9.17, 15) is 14.7 Å². The number of amides is 1. The number of aromatic nitrogens is 2. The summed E-state index contributed by atoms with van der Waals surface area (Å²) in [6, 6.07) is 3.04. The molecule has 0 atom stereocenters. The van der Waals surface area contributed by atoms with Gasteiger partial charge >= 0.3 is 5.97 Å². The van der Waals surface area contributed by atoms with E-state index in [1.807, 2.05) is 0 Å². The molecule has 0 aliphatic rings. The fraction of sp³-hybridized carbons (Fsp3) is 0.231. The van der Waals surface area contributed by atoms with Crippen LogP contribution in [-0.2, 0) is 0 Å². The minimum atomic E-state index is -1.11. The molecule has 8 heteroatoms. The van der Waals surface area contributed by atoms with Crippen molar-refractivity contribution in [1.82, 2.24) is 9.36 Å². The van der Waals surface area contributed by atoms with Gasteiger partial charge in [0.1, 0.15) is 15.7 Å². The number of anilines is 1. The van der Waals surface area contributed by atoms with Crippen LogP contribution in [0, 0.1) is 13.8 Å². The zero-order chi connectivity index (χ0) is 15.7. The highest BCUT2D eigenvalue weighted by Gasteiger charge is 2.25. The summed E-state index contributed by atoms with van der Waals surface area (Å²) in [6.07, 6.45) is 0. The summed E-state index contributed by atoms with van der Waals surface area (Å²) in [6.45, 7) is 3.32. The lowest BCUT2D eigenvalue weighted by Crippen LogP contribution is -2.27. The average molecular weight is 326 g/mol. The molecule has 0 fully saturated rings. The summed E-state index contributed by atoms with van der Waals surface area (Å²) < 4.78 is 4.00. The predicted molar refractivity (Wildman–Crippen MR) is 80.5 cm³/mol. The van der Waals surface area contributed by atoms with Crippen LogP contribution < -0.4 is 4.90 Å². The van der Waals surface area contributed by atoms with Gasteiger partial charge in [-0.3, -0.25) is 4.79 Å². The van der Waals surface area contributed by atoms with E-state index in [-0.39, 0.29) is 21.6 Å². The molecule has 2 aromatic rings. The van der Waals surface area contributed by atoms with E-state index in [1.165, 1.54) is 18.0 Å². The standard InChI is InChI=1S/C13H12ClN3O3S/c1-6-4-8(5-9(14)15-6)11(18)17(3)12-10(13(19)20)7(2)16-21-12/h4-5H,1-3H3,(H,19,20). The van der Waals surface area contributed by atoms with Crippen molar-refractivity contribution in [2.24, 2.45) is 0 Å². The largest absolute Gasteiger partial charge is 0.478 e. The van der Waals surface area contributed by atoms with Crippen LogP contribution in [0.2, 0.25) is 5.15 Å². The van der Waals surface area contributed by atoms with Crippen molar-refractivity contribution < 1.29 is 14.7 Å². The van der Waals surface area contributed by atoms with Gasteiger partial charge in [-0.25, -0.2) is 9.78 Å². The molecule has 6 nitrogen and oxygen atoms in total. The highest BCUT2D eigenvalue weighted by Crippen LogP contribution is 2.29. The molecule has 0 aliphatic heterocycles. The highest BCUT2D eigenvalue weighted by atomic mass is 35.5. The van der Waals surface area contributed by atoms with Gasteiger partial charge in [0.15, 0.2) is 0 Å². The molecule has 2 heterocycles. The Balaban J connectivity index is 2.42. The number of carboxylic acids is 1. The molecule has 0 unspecified atom stereocenters. The van der Waals surface area contributed by atoms with E-state index in [0.717, 1.165) is 11.5 Å². The third kappa shape index (κ3) is 3.03. The van der Waals surface area contributed by atoms with Gasteiger partial charge in [0.05, 0.1) is 5.69 Å². The molecule has 1 amide bonds. The van der Waals surface area contributed by atoms with Gasteiger partial charge in [0, 0.05) is 18.3 Å². The van der Waals surface area contributed by atoms with E-state index in [2.05, 4.69) is 9.36 Å². The van der Waals surface area contributed by atoms with Crippen LogP contribution in [0.1, 0.15) is 32.1 Å². The number of carboxylic acid groups (broad SMARTS) is 1. The molecule has 0 radical (unpaired) electrons. The minimum absolute atomic E-state index is 0.0349. The van der Waals surface area contributed by atoms with E-state index in [1.54, 1.807) is 19.9 Å². The monoisotopic (exact) mass is 325 g/mol. The molecule has 0 spiro atoms. The fourth-order valence-electron chi connectivity index (χ4n) is 1.87. The van der Waals surface area contributed by atoms with Crippen molar-refractivity contribution in [1.29, 1.82) is 0 Å². The molecule has 0 bridgehead atoms. The van der Waals surface area contributed by atoms with E-state index >= 15 is 0 Å². The molecule has 0 saturated carbocycles. The summed E-state index contributed by atoms with van der Waals surface area (Å²) in [5, 5.41) is 9.72. The number of halogens is 1. The number of hydrogen-bond donors (Lipinski definition) is 1. The third-order valence-corrected chi connectivity index (χ3v) is 4.05. The molecular formula is C13H12ClN3O3S. The van der Waals surface area contributed by atoms with Crippen molar-refractivity contribution in [3.8, 4) is 0 Å². The number of rotatable bonds is 3. The zero-order valence-corrected chi connectivity index (χ0v) is 13.1. The first-order valence-corrected chi connectivity index (χ1v) is 7.08. The smallest absolute Gasteiger partial charge is 0.340 e. The molecule has 110 valence electrons. The topological polar surface area (TPSA) is 83.4 Å². The van der Waals surface area contributed by atoms with Crippen LogP contribution in [-0.4, -0.2) is 33.4 Å². The Labute approximate surface area is 130 Å². The molecule has 2 rings (SSSR count). The van der Waals surface area contributed by atoms with Gasteiger partial charge in [-0.05, 0) is 37.5 Å². The van der Waals surface area contributed by atoms with Crippen LogP contribution >= 0.6 is 23.1 Å². The van der Waals surface area contributed by atoms with Crippen LogP contribution in [0.15, 0.2) is 12.1 Å². The van der Waals surface area contributed by atoms with Gasteiger partial charge in [0.2, 0.25) is 0 Å². The molecular weight excluding hydrogens is 314 g/mol. The lowest BCUT2D eigenvalue weighted by molar-refractivity contribution is 0.0697. The number of nitrogens with zero attached hydrogens (tertiary/aromatic N) is 3. The van der Waals surface area contributed by atoms with Gasteiger partial charge in [0.25, 0.3) is 5.91 Å². The van der Waals surface area contributed by atoms with Gasteiger partial charge in [-0.15, -0.1) is 0 Å². The van der Waals surface area contributed by atoms with Gasteiger partial charge < -0.3 is 10.0 Å². The van der Waals surface area contributed by atoms with E-state index in [0.29, 0.717) is 17.0 Å². The Morgan fingerprint density at radius 1 is 1.33 bits per heavy atom. The third-order valence-electron chi connectivity index (χ3n) is 2.84. The maximum atomic E-state index is 12.5. The van der Waals surface area contributed by atoms with Crippen molar-refractivity contribution in [2.45, 2.75) is 13.8 Å². The predicted octanol–water partition coefficient (Wildman–Crippen LogP) is 2.78. The Hall–Kier alpha value is -1.99. The second-order valence-electron chi connectivity index (χ2n) is 4.44. The second-order valence-corrected chi connectivity index (χ2v) is 5.58. The molecule has 2 aromatic heterocycles. The Bertz CT molecular complexity index is 709. The molecule has 0 aromatic carbocycles. The summed E-state index contributed by atoms with van der Waals surface area (Å²) in [4.78, 5) is 29.0. The molecule has 0 aliphatic carbocycles. The normalized spacial score (nSPS) is 10.5. The van der Waals surface area contributed by atoms with E-state index < -0.39 is 5.97 Å². The number of carbonyl (C=O) groups excluding carboxylic acids is 1. The van der Waals surface area contributed by atoms with Crippen molar-refractivity contribution in [3.05, 3.63) is 39.8 Å². The molecule has 1 N–H and O–H groups in total. The fourth-order valence-corrected chi connectivity index (χ4v) is 2.97. The van der Waals surface area contributed by atoms with Crippen molar-refractivity contribution in [3.63, 3.8) is 0 Å². The minimum Gasteiger partial charge on any atom is -0.478 e. The lowest BCUT2D eigenvalue weighted by atomic mass is 10.2. The summed E-state index contributed by atoms with van der Waals surface area (Å²) >= 11 is 6.81. The maximum Gasteiger partial charge on any atom is 0.340 e. The number of aryl methyl sites for hydroxylation is 2. The maximum absolute atomic E-state index is 12.5. The number of aromatic carboxylic acids is 1. The van der Waals surface area contributed by atoms with Crippen LogP contribution in [0.5, 0.6) is 0 Å². The van der Waals surface area contributed by atoms with E-state index in [4.69, 9.17) is 11.6 Å². The van der Waals surface area contributed by atoms with Crippen LogP contribution in [0.4, 0.5) is 5.00 Å². The molecule has 0 saturated heterocycles. The average Bonchev–Trinajstić information content (AvgIpc) is 2.77. The van der Waals surface area contributed by atoms with Crippen LogP contribution in [0.3, 0.4) is 0 Å². The number of pyridine rings is 1. The van der Waals surface area contributed by atoms with Crippen molar-refractivity contribution in [2.75, 3.05) is 11.9 Å². The Morgan fingerprint density at radius 3 is 2.57 bits per heavy atom. The van der Waals surface area contributed by atoms with Gasteiger partial charge in [-0.2, -0.15) is 4.37 Å². The first kappa shape index (κ1) is 15.4. The van der Waals surface area contributed by atoms with Gasteiger partial charge in [-0.1, -0.05) is 11.6 Å².